The fourth-order valence-corrected chi connectivity index (χ4v) is 4.21. The van der Waals surface area contributed by atoms with E-state index >= 15 is 0 Å². The Hall–Kier alpha value is -0.570. The molecule has 22 heavy (non-hydrogen) atoms. The number of aromatic nitrogens is 3. The summed E-state index contributed by atoms with van der Waals surface area (Å²) < 4.78 is 2.97. The van der Waals surface area contributed by atoms with E-state index in [0.717, 1.165) is 35.8 Å². The molecular formula is C15H13ClIN3S2. The predicted octanol–water partition coefficient (Wildman–Crippen LogP) is 5.50. The minimum absolute atomic E-state index is 0.798. The highest BCUT2D eigenvalue weighted by Gasteiger charge is 2.09. The Kier molecular flexibility index (Phi) is 5.11. The molecule has 0 N–H and O–H groups in total. The molecule has 0 radical (unpaired) electrons. The number of thioether (sulfide) groups is 1. The molecule has 7 heteroatoms. The predicted molar refractivity (Wildman–Crippen MR) is 102 cm³/mol. The summed E-state index contributed by atoms with van der Waals surface area (Å²) >= 11 is 11.7. The highest BCUT2D eigenvalue weighted by molar-refractivity contribution is 14.1. The SMILES string of the molecule is Cc1cnn(-c2nc(CSc3ccc(I)c(Cl)c3)cs2)c1C. The first kappa shape index (κ1) is 16.3. The lowest BCUT2D eigenvalue weighted by molar-refractivity contribution is 0.832. The van der Waals surface area contributed by atoms with E-state index in [1.54, 1.807) is 23.1 Å². The Morgan fingerprint density at radius 2 is 2.18 bits per heavy atom. The van der Waals surface area contributed by atoms with Gasteiger partial charge in [-0.15, -0.1) is 23.1 Å². The van der Waals surface area contributed by atoms with E-state index in [-0.39, 0.29) is 0 Å². The largest absolute Gasteiger partial charge is 0.222 e. The fraction of sp³-hybridized carbons (Fsp3) is 0.200. The Bertz CT molecular complexity index is 813. The van der Waals surface area contributed by atoms with E-state index in [2.05, 4.69) is 58.0 Å². The average Bonchev–Trinajstić information content (AvgIpc) is 3.08. The Morgan fingerprint density at radius 1 is 1.36 bits per heavy atom. The maximum absolute atomic E-state index is 6.15. The first-order chi connectivity index (χ1) is 10.5. The molecule has 0 atom stereocenters. The van der Waals surface area contributed by atoms with Crippen molar-refractivity contribution in [2.24, 2.45) is 0 Å². The Balaban J connectivity index is 1.72. The third kappa shape index (κ3) is 3.50. The van der Waals surface area contributed by atoms with E-state index in [9.17, 15) is 0 Å². The number of rotatable bonds is 4. The van der Waals surface area contributed by atoms with Crippen molar-refractivity contribution in [3.05, 3.63) is 55.3 Å². The smallest absolute Gasteiger partial charge is 0.210 e. The number of aryl methyl sites for hydroxylation is 1. The van der Waals surface area contributed by atoms with Crippen LogP contribution in [0.1, 0.15) is 17.0 Å². The number of hydrogen-bond acceptors (Lipinski definition) is 4. The third-order valence-corrected chi connectivity index (χ3v) is 6.72. The van der Waals surface area contributed by atoms with Crippen LogP contribution < -0.4 is 0 Å². The van der Waals surface area contributed by atoms with E-state index < -0.39 is 0 Å². The normalized spacial score (nSPS) is 11.1. The van der Waals surface area contributed by atoms with Crippen molar-refractivity contribution in [1.82, 2.24) is 14.8 Å². The van der Waals surface area contributed by atoms with Gasteiger partial charge in [-0.2, -0.15) is 5.10 Å². The van der Waals surface area contributed by atoms with Gasteiger partial charge in [-0.05, 0) is 60.2 Å². The van der Waals surface area contributed by atoms with Crippen molar-refractivity contribution in [2.75, 3.05) is 0 Å². The molecule has 2 aromatic heterocycles. The molecule has 0 fully saturated rings. The van der Waals surface area contributed by atoms with Gasteiger partial charge in [-0.3, -0.25) is 0 Å². The summed E-state index contributed by atoms with van der Waals surface area (Å²) in [5.74, 6) is 0.826. The minimum Gasteiger partial charge on any atom is -0.222 e. The van der Waals surface area contributed by atoms with Crippen LogP contribution in [-0.4, -0.2) is 14.8 Å². The van der Waals surface area contributed by atoms with Gasteiger partial charge in [0.15, 0.2) is 0 Å². The van der Waals surface area contributed by atoms with Gasteiger partial charge in [-0.25, -0.2) is 9.67 Å². The maximum atomic E-state index is 6.15. The van der Waals surface area contributed by atoms with Crippen LogP contribution in [0.25, 0.3) is 5.13 Å². The highest BCUT2D eigenvalue weighted by Crippen LogP contribution is 2.29. The first-order valence-corrected chi connectivity index (χ1v) is 9.90. The fourth-order valence-electron chi connectivity index (χ4n) is 1.87. The molecule has 0 saturated carbocycles. The lowest BCUT2D eigenvalue weighted by Gasteiger charge is -2.02. The van der Waals surface area contributed by atoms with Crippen LogP contribution in [-0.2, 0) is 5.75 Å². The molecule has 2 heterocycles. The van der Waals surface area contributed by atoms with Gasteiger partial charge in [0, 0.05) is 25.3 Å². The summed E-state index contributed by atoms with van der Waals surface area (Å²) in [6.45, 7) is 4.12. The van der Waals surface area contributed by atoms with Gasteiger partial charge in [0.05, 0.1) is 16.9 Å². The van der Waals surface area contributed by atoms with Gasteiger partial charge in [0.1, 0.15) is 0 Å². The zero-order valence-electron chi connectivity index (χ0n) is 12.0. The first-order valence-electron chi connectivity index (χ1n) is 6.58. The molecule has 0 spiro atoms. The standard InChI is InChI=1S/C15H13ClIN3S2/c1-9-6-18-20(10(9)2)15-19-11(8-22-15)7-21-12-3-4-14(17)13(16)5-12/h3-6,8H,7H2,1-2H3. The minimum atomic E-state index is 0.798. The van der Waals surface area contributed by atoms with Crippen molar-refractivity contribution in [1.29, 1.82) is 0 Å². The van der Waals surface area contributed by atoms with Crippen LogP contribution in [0, 0.1) is 17.4 Å². The van der Waals surface area contributed by atoms with Crippen LogP contribution in [0.4, 0.5) is 0 Å². The molecule has 0 bridgehead atoms. The van der Waals surface area contributed by atoms with Crippen molar-refractivity contribution in [3.8, 4) is 5.13 Å². The van der Waals surface area contributed by atoms with Crippen LogP contribution in [0.5, 0.6) is 0 Å². The molecule has 0 aliphatic carbocycles. The molecule has 1 aromatic carbocycles. The van der Waals surface area contributed by atoms with Gasteiger partial charge < -0.3 is 0 Å². The highest BCUT2D eigenvalue weighted by atomic mass is 127. The number of nitrogens with zero attached hydrogens (tertiary/aromatic N) is 3. The molecular weight excluding hydrogens is 449 g/mol. The maximum Gasteiger partial charge on any atom is 0.210 e. The van der Waals surface area contributed by atoms with E-state index in [1.807, 2.05) is 23.0 Å². The second-order valence-corrected chi connectivity index (χ2v) is 8.27. The van der Waals surface area contributed by atoms with Crippen molar-refractivity contribution in [3.63, 3.8) is 0 Å². The van der Waals surface area contributed by atoms with Crippen molar-refractivity contribution >= 4 is 57.3 Å². The van der Waals surface area contributed by atoms with E-state index in [1.165, 1.54) is 5.56 Å². The second kappa shape index (κ2) is 6.90. The number of benzene rings is 1. The third-order valence-electron chi connectivity index (χ3n) is 3.25. The molecule has 0 unspecified atom stereocenters. The van der Waals surface area contributed by atoms with E-state index in [0.29, 0.717) is 0 Å². The summed E-state index contributed by atoms with van der Waals surface area (Å²) in [7, 11) is 0. The molecule has 0 amide bonds. The monoisotopic (exact) mass is 461 g/mol. The summed E-state index contributed by atoms with van der Waals surface area (Å²) in [6, 6.07) is 6.13. The topological polar surface area (TPSA) is 30.7 Å². The molecule has 0 aliphatic rings. The van der Waals surface area contributed by atoms with Crippen LogP contribution >= 0.6 is 57.3 Å². The molecule has 3 aromatic rings. The number of hydrogen-bond donors (Lipinski definition) is 0. The van der Waals surface area contributed by atoms with Crippen LogP contribution in [0.2, 0.25) is 5.02 Å². The second-order valence-electron chi connectivity index (χ2n) is 4.81. The Morgan fingerprint density at radius 3 is 2.86 bits per heavy atom. The molecule has 0 saturated heterocycles. The summed E-state index contributed by atoms with van der Waals surface area (Å²) in [5, 5.41) is 8.19. The summed E-state index contributed by atoms with van der Waals surface area (Å²) in [5.41, 5.74) is 3.38. The van der Waals surface area contributed by atoms with E-state index in [4.69, 9.17) is 11.6 Å². The quantitative estimate of drug-likeness (QED) is 0.380. The zero-order chi connectivity index (χ0) is 15.7. The molecule has 114 valence electrons. The molecule has 3 rings (SSSR count). The van der Waals surface area contributed by atoms with Gasteiger partial charge >= 0.3 is 0 Å². The van der Waals surface area contributed by atoms with Gasteiger partial charge in [-0.1, -0.05) is 11.6 Å². The van der Waals surface area contributed by atoms with Crippen molar-refractivity contribution in [2.45, 2.75) is 24.5 Å². The van der Waals surface area contributed by atoms with Crippen molar-refractivity contribution < 1.29 is 0 Å². The zero-order valence-corrected chi connectivity index (χ0v) is 16.6. The average molecular weight is 462 g/mol. The lowest BCUT2D eigenvalue weighted by atomic mass is 10.3. The number of thiazole rings is 1. The molecule has 0 aliphatic heterocycles. The summed E-state index contributed by atoms with van der Waals surface area (Å²) in [4.78, 5) is 5.83. The van der Waals surface area contributed by atoms with Gasteiger partial charge in [0.25, 0.3) is 0 Å². The van der Waals surface area contributed by atoms with Crippen LogP contribution in [0.15, 0.2) is 34.7 Å². The Labute approximate surface area is 156 Å². The van der Waals surface area contributed by atoms with Gasteiger partial charge in [0.2, 0.25) is 5.13 Å². The lowest BCUT2D eigenvalue weighted by Crippen LogP contribution is -1.98. The summed E-state index contributed by atoms with van der Waals surface area (Å²) in [6.07, 6.45) is 1.87. The van der Waals surface area contributed by atoms with Crippen LogP contribution in [0.3, 0.4) is 0 Å². The number of halogens is 2. The molecule has 3 nitrogen and oxygen atoms in total.